The average molecular weight is 247 g/mol. The van der Waals surface area contributed by atoms with Crippen molar-refractivity contribution in [3.8, 4) is 0 Å². The third kappa shape index (κ3) is 2.97. The summed E-state index contributed by atoms with van der Waals surface area (Å²) >= 11 is 1.77. The highest BCUT2D eigenvalue weighted by Gasteiger charge is 2.16. The molecular weight excluding hydrogens is 230 g/mol. The van der Waals surface area contributed by atoms with Crippen LogP contribution in [0.25, 0.3) is 0 Å². The quantitative estimate of drug-likeness (QED) is 0.869. The third-order valence-electron chi connectivity index (χ3n) is 2.60. The van der Waals surface area contributed by atoms with Crippen molar-refractivity contribution in [2.75, 3.05) is 11.1 Å². The van der Waals surface area contributed by atoms with Crippen LogP contribution in [0, 0.1) is 5.92 Å². The molecule has 2 aromatic heterocycles. The molecular formula is C13H17N3S. The fraction of sp³-hybridized carbons (Fsp3) is 0.308. The van der Waals surface area contributed by atoms with E-state index in [-0.39, 0.29) is 0 Å². The molecule has 2 heterocycles. The van der Waals surface area contributed by atoms with Crippen LogP contribution in [0.4, 0.5) is 11.4 Å². The monoisotopic (exact) mass is 247 g/mol. The van der Waals surface area contributed by atoms with Gasteiger partial charge in [0, 0.05) is 11.1 Å². The molecule has 0 saturated heterocycles. The first-order chi connectivity index (χ1) is 8.16. The van der Waals surface area contributed by atoms with E-state index in [1.54, 1.807) is 23.7 Å². The van der Waals surface area contributed by atoms with Crippen LogP contribution in [0.15, 0.2) is 36.0 Å². The lowest BCUT2D eigenvalue weighted by Gasteiger charge is -2.22. The molecule has 90 valence electrons. The van der Waals surface area contributed by atoms with Crippen LogP contribution in [0.1, 0.15) is 24.8 Å². The summed E-state index contributed by atoms with van der Waals surface area (Å²) in [6, 6.07) is 6.45. The Bertz CT molecular complexity index is 465. The van der Waals surface area contributed by atoms with Gasteiger partial charge in [0.25, 0.3) is 0 Å². The lowest BCUT2D eigenvalue weighted by Crippen LogP contribution is -2.15. The van der Waals surface area contributed by atoms with Gasteiger partial charge < -0.3 is 11.1 Å². The van der Waals surface area contributed by atoms with Gasteiger partial charge in [-0.25, -0.2) is 0 Å². The Hall–Kier alpha value is -1.55. The van der Waals surface area contributed by atoms with Crippen LogP contribution in [0.5, 0.6) is 0 Å². The molecule has 17 heavy (non-hydrogen) atoms. The first-order valence-electron chi connectivity index (χ1n) is 5.67. The predicted molar refractivity (Wildman–Crippen MR) is 74.2 cm³/mol. The van der Waals surface area contributed by atoms with E-state index in [1.165, 1.54) is 4.88 Å². The first-order valence-corrected chi connectivity index (χ1v) is 6.55. The molecule has 0 aliphatic heterocycles. The van der Waals surface area contributed by atoms with E-state index in [9.17, 15) is 0 Å². The number of thiophene rings is 1. The van der Waals surface area contributed by atoms with Gasteiger partial charge in [0.2, 0.25) is 0 Å². The number of hydrogen-bond acceptors (Lipinski definition) is 4. The van der Waals surface area contributed by atoms with Crippen molar-refractivity contribution in [1.29, 1.82) is 0 Å². The van der Waals surface area contributed by atoms with E-state index in [4.69, 9.17) is 5.73 Å². The number of nitrogen functional groups attached to an aromatic ring is 1. The standard InChI is InChI=1S/C13H17N3S/c1-9(2)13(12-4-3-5-17-12)16-11-6-10(14)7-15-8-11/h3-9,13,16H,14H2,1-2H3. The number of rotatable bonds is 4. The van der Waals surface area contributed by atoms with Crippen molar-refractivity contribution in [2.24, 2.45) is 5.92 Å². The summed E-state index contributed by atoms with van der Waals surface area (Å²) in [5, 5.41) is 5.59. The summed E-state index contributed by atoms with van der Waals surface area (Å²) in [5.74, 6) is 0.509. The average Bonchev–Trinajstić information content (AvgIpc) is 2.78. The van der Waals surface area contributed by atoms with Gasteiger partial charge in [0.05, 0.1) is 23.6 Å². The Labute approximate surface area is 106 Å². The van der Waals surface area contributed by atoms with Gasteiger partial charge in [-0.1, -0.05) is 19.9 Å². The fourth-order valence-electron chi connectivity index (χ4n) is 1.75. The summed E-state index contributed by atoms with van der Waals surface area (Å²) < 4.78 is 0. The van der Waals surface area contributed by atoms with Gasteiger partial charge in [-0.2, -0.15) is 0 Å². The van der Waals surface area contributed by atoms with Crippen molar-refractivity contribution in [3.05, 3.63) is 40.8 Å². The summed E-state index contributed by atoms with van der Waals surface area (Å²) in [6.07, 6.45) is 3.46. The molecule has 0 amide bonds. The molecule has 0 saturated carbocycles. The van der Waals surface area contributed by atoms with Crippen LogP contribution in [-0.2, 0) is 0 Å². The maximum Gasteiger partial charge on any atom is 0.0629 e. The van der Waals surface area contributed by atoms with E-state index >= 15 is 0 Å². The molecule has 0 aliphatic rings. The Morgan fingerprint density at radius 3 is 2.76 bits per heavy atom. The zero-order valence-electron chi connectivity index (χ0n) is 10.1. The van der Waals surface area contributed by atoms with Crippen molar-refractivity contribution >= 4 is 22.7 Å². The number of nitrogens with one attached hydrogen (secondary N) is 1. The summed E-state index contributed by atoms with van der Waals surface area (Å²) in [6.45, 7) is 4.41. The lowest BCUT2D eigenvalue weighted by molar-refractivity contribution is 0.553. The van der Waals surface area contributed by atoms with Gasteiger partial charge in [-0.05, 0) is 23.4 Å². The third-order valence-corrected chi connectivity index (χ3v) is 3.55. The molecule has 4 heteroatoms. The largest absolute Gasteiger partial charge is 0.397 e. The Balaban J connectivity index is 2.19. The number of nitrogens with two attached hydrogens (primary N) is 1. The van der Waals surface area contributed by atoms with E-state index in [1.807, 2.05) is 6.07 Å². The smallest absolute Gasteiger partial charge is 0.0629 e. The Kier molecular flexibility index (Phi) is 3.64. The van der Waals surface area contributed by atoms with Crippen molar-refractivity contribution in [3.63, 3.8) is 0 Å². The van der Waals surface area contributed by atoms with E-state index in [0.29, 0.717) is 17.6 Å². The minimum Gasteiger partial charge on any atom is -0.397 e. The topological polar surface area (TPSA) is 50.9 Å². The second-order valence-corrected chi connectivity index (χ2v) is 5.37. The molecule has 3 nitrogen and oxygen atoms in total. The Morgan fingerprint density at radius 1 is 1.35 bits per heavy atom. The van der Waals surface area contributed by atoms with Crippen molar-refractivity contribution in [2.45, 2.75) is 19.9 Å². The highest BCUT2D eigenvalue weighted by atomic mass is 32.1. The zero-order valence-corrected chi connectivity index (χ0v) is 10.9. The molecule has 0 aliphatic carbocycles. The van der Waals surface area contributed by atoms with E-state index < -0.39 is 0 Å². The van der Waals surface area contributed by atoms with Gasteiger partial charge in [0.15, 0.2) is 0 Å². The SMILES string of the molecule is CC(C)C(Nc1cncc(N)c1)c1cccs1. The molecule has 0 spiro atoms. The second kappa shape index (κ2) is 5.19. The van der Waals surface area contributed by atoms with Crippen LogP contribution >= 0.6 is 11.3 Å². The van der Waals surface area contributed by atoms with Crippen LogP contribution in [-0.4, -0.2) is 4.98 Å². The molecule has 1 unspecified atom stereocenters. The fourth-order valence-corrected chi connectivity index (χ4v) is 2.70. The highest BCUT2D eigenvalue weighted by molar-refractivity contribution is 7.10. The lowest BCUT2D eigenvalue weighted by atomic mass is 10.0. The van der Waals surface area contributed by atoms with Crippen molar-refractivity contribution in [1.82, 2.24) is 4.98 Å². The maximum absolute atomic E-state index is 5.73. The zero-order chi connectivity index (χ0) is 12.3. The van der Waals surface area contributed by atoms with Crippen LogP contribution < -0.4 is 11.1 Å². The van der Waals surface area contributed by atoms with Crippen LogP contribution in [0.2, 0.25) is 0 Å². The second-order valence-electron chi connectivity index (χ2n) is 4.39. The highest BCUT2D eigenvalue weighted by Crippen LogP contribution is 2.29. The van der Waals surface area contributed by atoms with Gasteiger partial charge >= 0.3 is 0 Å². The normalized spacial score (nSPS) is 12.6. The van der Waals surface area contributed by atoms with E-state index in [2.05, 4.69) is 41.7 Å². The minimum atomic E-state index is 0.304. The number of nitrogens with zero attached hydrogens (tertiary/aromatic N) is 1. The molecule has 2 rings (SSSR count). The first kappa shape index (κ1) is 11.9. The maximum atomic E-state index is 5.73. The molecule has 1 atom stereocenters. The molecule has 0 aromatic carbocycles. The number of aromatic nitrogens is 1. The number of anilines is 2. The summed E-state index contributed by atoms with van der Waals surface area (Å²) in [4.78, 5) is 5.43. The predicted octanol–water partition coefficient (Wildman–Crippen LogP) is 3.53. The van der Waals surface area contributed by atoms with E-state index in [0.717, 1.165) is 5.69 Å². The number of pyridine rings is 1. The Morgan fingerprint density at radius 2 is 2.18 bits per heavy atom. The van der Waals surface area contributed by atoms with Crippen LogP contribution in [0.3, 0.4) is 0 Å². The minimum absolute atomic E-state index is 0.304. The van der Waals surface area contributed by atoms with Crippen molar-refractivity contribution < 1.29 is 0 Å². The van der Waals surface area contributed by atoms with Gasteiger partial charge in [-0.3, -0.25) is 4.98 Å². The van der Waals surface area contributed by atoms with Gasteiger partial charge in [-0.15, -0.1) is 11.3 Å². The molecule has 0 fully saturated rings. The molecule has 0 radical (unpaired) electrons. The summed E-state index contributed by atoms with van der Waals surface area (Å²) in [5.41, 5.74) is 7.38. The molecule has 3 N–H and O–H groups in total. The number of hydrogen-bond donors (Lipinski definition) is 2. The summed E-state index contributed by atoms with van der Waals surface area (Å²) in [7, 11) is 0. The molecule has 2 aromatic rings. The van der Waals surface area contributed by atoms with Gasteiger partial charge in [0.1, 0.15) is 0 Å². The molecule has 0 bridgehead atoms.